The number of amides is 2. The number of nitrogens with one attached hydrogen (secondary N) is 1. The van der Waals surface area contributed by atoms with Gasteiger partial charge in [-0.25, -0.2) is 13.4 Å². The zero-order valence-corrected chi connectivity index (χ0v) is 23.0. The maximum Gasteiger partial charge on any atom is 0.255 e. The van der Waals surface area contributed by atoms with Crippen LogP contribution in [0.5, 0.6) is 0 Å². The van der Waals surface area contributed by atoms with Crippen molar-refractivity contribution < 1.29 is 18.0 Å². The Morgan fingerprint density at radius 3 is 2.46 bits per heavy atom. The van der Waals surface area contributed by atoms with Crippen molar-refractivity contribution in [1.82, 2.24) is 9.88 Å². The summed E-state index contributed by atoms with van der Waals surface area (Å²) in [5.41, 5.74) is 0.696. The molecule has 1 aliphatic carbocycles. The van der Waals surface area contributed by atoms with Gasteiger partial charge in [-0.2, -0.15) is 0 Å². The highest BCUT2D eigenvalue weighted by Crippen LogP contribution is 2.32. The first-order chi connectivity index (χ1) is 17.6. The quantitative estimate of drug-likeness (QED) is 0.536. The first-order valence-electron chi connectivity index (χ1n) is 12.9. The first-order valence-corrected chi connectivity index (χ1v) is 15.2. The molecule has 1 saturated heterocycles. The lowest BCUT2D eigenvalue weighted by Gasteiger charge is -2.36. The molecule has 2 amide bonds. The molecule has 200 valence electrons. The smallest absolute Gasteiger partial charge is 0.255 e. The summed E-state index contributed by atoms with van der Waals surface area (Å²) >= 11 is 6.04. The van der Waals surface area contributed by atoms with E-state index in [0.717, 1.165) is 31.9 Å². The van der Waals surface area contributed by atoms with Crippen molar-refractivity contribution in [3.63, 3.8) is 0 Å². The van der Waals surface area contributed by atoms with Gasteiger partial charge in [0.05, 0.1) is 10.6 Å². The Labute approximate surface area is 224 Å². The van der Waals surface area contributed by atoms with Gasteiger partial charge in [0, 0.05) is 55.6 Å². The lowest BCUT2D eigenvalue weighted by atomic mass is 9.91. The number of halogens is 1. The third-order valence-electron chi connectivity index (χ3n) is 7.50. The highest BCUT2D eigenvalue weighted by Gasteiger charge is 2.28. The molecule has 1 aromatic carbocycles. The minimum atomic E-state index is -3.52. The number of nitrogens with zero attached hydrogens (tertiary/aromatic N) is 3. The van der Waals surface area contributed by atoms with Gasteiger partial charge in [-0.3, -0.25) is 9.59 Å². The second-order valence-corrected chi connectivity index (χ2v) is 12.7. The molecule has 10 heteroatoms. The maximum atomic E-state index is 12.9. The summed E-state index contributed by atoms with van der Waals surface area (Å²) in [6, 6.07) is 8.37. The molecule has 1 N–H and O–H groups in total. The van der Waals surface area contributed by atoms with Gasteiger partial charge >= 0.3 is 0 Å². The van der Waals surface area contributed by atoms with E-state index in [1.165, 1.54) is 31.5 Å². The van der Waals surface area contributed by atoms with Crippen LogP contribution in [0, 0.1) is 5.92 Å². The standard InChI is InChI=1S/C27H35ClN4O4S/c1-31(22-9-4-3-5-10-22)25(33)15-19-11-13-32(14-12-19)26-24(17-23(18-29-26)37(2,35)36)30-27(34)20-7-6-8-21(28)16-20/h6-8,16-19,22H,3-5,9-15H2,1-2H3,(H,30,34). The summed E-state index contributed by atoms with van der Waals surface area (Å²) in [6.07, 6.45) is 10.5. The molecule has 1 saturated carbocycles. The van der Waals surface area contributed by atoms with Gasteiger partial charge in [0.1, 0.15) is 0 Å². The number of aromatic nitrogens is 1. The molecule has 0 spiro atoms. The second kappa shape index (κ2) is 11.8. The minimum Gasteiger partial charge on any atom is -0.355 e. The largest absolute Gasteiger partial charge is 0.355 e. The van der Waals surface area contributed by atoms with E-state index >= 15 is 0 Å². The first kappa shape index (κ1) is 27.4. The average Bonchev–Trinajstić information content (AvgIpc) is 2.88. The second-order valence-electron chi connectivity index (χ2n) is 10.2. The van der Waals surface area contributed by atoms with Crippen LogP contribution in [0.1, 0.15) is 61.7 Å². The summed E-state index contributed by atoms with van der Waals surface area (Å²) < 4.78 is 24.3. The van der Waals surface area contributed by atoms with Gasteiger partial charge in [-0.05, 0) is 55.9 Å². The Hall–Kier alpha value is -2.65. The van der Waals surface area contributed by atoms with Crippen molar-refractivity contribution in [2.45, 2.75) is 62.3 Å². The number of sulfone groups is 1. The van der Waals surface area contributed by atoms with E-state index in [9.17, 15) is 18.0 Å². The Bertz CT molecular complexity index is 1240. The van der Waals surface area contributed by atoms with Crippen molar-refractivity contribution in [1.29, 1.82) is 0 Å². The van der Waals surface area contributed by atoms with Crippen LogP contribution in [0.4, 0.5) is 11.5 Å². The summed E-state index contributed by atoms with van der Waals surface area (Å²) in [4.78, 5) is 34.3. The monoisotopic (exact) mass is 546 g/mol. The van der Waals surface area contributed by atoms with Gasteiger partial charge in [0.15, 0.2) is 15.7 Å². The Balaban J connectivity index is 1.45. The topological polar surface area (TPSA) is 99.7 Å². The van der Waals surface area contributed by atoms with E-state index < -0.39 is 15.7 Å². The van der Waals surface area contributed by atoms with E-state index in [2.05, 4.69) is 10.3 Å². The van der Waals surface area contributed by atoms with Crippen LogP contribution in [0.15, 0.2) is 41.4 Å². The number of piperidine rings is 1. The Morgan fingerprint density at radius 1 is 1.11 bits per heavy atom. The van der Waals surface area contributed by atoms with Gasteiger partial charge < -0.3 is 15.1 Å². The average molecular weight is 547 g/mol. The molecule has 37 heavy (non-hydrogen) atoms. The van der Waals surface area contributed by atoms with Crippen LogP contribution in [-0.4, -0.2) is 62.6 Å². The molecular weight excluding hydrogens is 512 g/mol. The van der Waals surface area contributed by atoms with E-state index in [0.29, 0.717) is 47.6 Å². The van der Waals surface area contributed by atoms with Crippen molar-refractivity contribution in [2.24, 2.45) is 5.92 Å². The predicted octanol–water partition coefficient (Wildman–Crippen LogP) is 4.79. The number of rotatable bonds is 7. The van der Waals surface area contributed by atoms with Crippen LogP contribution >= 0.6 is 11.6 Å². The molecule has 2 aromatic rings. The Kier molecular flexibility index (Phi) is 8.75. The van der Waals surface area contributed by atoms with Crippen molar-refractivity contribution in [3.8, 4) is 0 Å². The van der Waals surface area contributed by atoms with Gasteiger partial charge in [-0.15, -0.1) is 0 Å². The lowest BCUT2D eigenvalue weighted by Crippen LogP contribution is -2.41. The van der Waals surface area contributed by atoms with E-state index in [1.54, 1.807) is 24.3 Å². The highest BCUT2D eigenvalue weighted by atomic mass is 35.5. The number of hydrogen-bond acceptors (Lipinski definition) is 6. The number of anilines is 2. The third-order valence-corrected chi connectivity index (χ3v) is 8.81. The molecular formula is C27H35ClN4O4S. The Morgan fingerprint density at radius 2 is 1.81 bits per heavy atom. The molecule has 0 bridgehead atoms. The van der Waals surface area contributed by atoms with Gasteiger partial charge in [-0.1, -0.05) is 36.9 Å². The lowest BCUT2D eigenvalue weighted by molar-refractivity contribution is -0.133. The van der Waals surface area contributed by atoms with Crippen LogP contribution in [-0.2, 0) is 14.6 Å². The fraction of sp³-hybridized carbons (Fsp3) is 0.519. The third kappa shape index (κ3) is 7.02. The van der Waals surface area contributed by atoms with E-state index in [1.807, 2.05) is 16.8 Å². The van der Waals surface area contributed by atoms with E-state index in [-0.39, 0.29) is 16.7 Å². The van der Waals surface area contributed by atoms with Crippen molar-refractivity contribution in [2.75, 3.05) is 36.6 Å². The molecule has 2 fully saturated rings. The number of benzene rings is 1. The zero-order valence-electron chi connectivity index (χ0n) is 21.5. The summed E-state index contributed by atoms with van der Waals surface area (Å²) in [7, 11) is -1.58. The molecule has 0 radical (unpaired) electrons. The summed E-state index contributed by atoms with van der Waals surface area (Å²) in [5, 5.41) is 3.26. The van der Waals surface area contributed by atoms with E-state index in [4.69, 9.17) is 11.6 Å². The van der Waals surface area contributed by atoms with Crippen molar-refractivity contribution in [3.05, 3.63) is 47.1 Å². The highest BCUT2D eigenvalue weighted by molar-refractivity contribution is 7.90. The predicted molar refractivity (Wildman–Crippen MR) is 146 cm³/mol. The fourth-order valence-corrected chi connectivity index (χ4v) is 5.99. The molecule has 1 aliphatic heterocycles. The number of hydrogen-bond donors (Lipinski definition) is 1. The molecule has 1 aromatic heterocycles. The maximum absolute atomic E-state index is 12.9. The molecule has 4 rings (SSSR count). The summed E-state index contributed by atoms with van der Waals surface area (Å²) in [5.74, 6) is 0.624. The molecule has 0 atom stereocenters. The fourth-order valence-electron chi connectivity index (χ4n) is 5.22. The normalized spacial score (nSPS) is 17.4. The SMILES string of the molecule is CN(C(=O)CC1CCN(c2ncc(S(C)(=O)=O)cc2NC(=O)c2cccc(Cl)c2)CC1)C1CCCCC1. The van der Waals surface area contributed by atoms with Crippen LogP contribution < -0.4 is 10.2 Å². The van der Waals surface area contributed by atoms with Gasteiger partial charge in [0.2, 0.25) is 5.91 Å². The molecule has 0 unspecified atom stereocenters. The van der Waals surface area contributed by atoms with Crippen LogP contribution in [0.25, 0.3) is 0 Å². The van der Waals surface area contributed by atoms with Gasteiger partial charge in [0.25, 0.3) is 5.91 Å². The minimum absolute atomic E-state index is 0.0314. The van der Waals surface area contributed by atoms with Crippen LogP contribution in [0.3, 0.4) is 0 Å². The molecule has 8 nitrogen and oxygen atoms in total. The molecule has 2 heterocycles. The van der Waals surface area contributed by atoms with Crippen LogP contribution in [0.2, 0.25) is 5.02 Å². The number of pyridine rings is 1. The number of carbonyl (C=O) groups excluding carboxylic acids is 2. The molecule has 2 aliphatic rings. The zero-order chi connectivity index (χ0) is 26.6. The number of carbonyl (C=O) groups is 2. The summed E-state index contributed by atoms with van der Waals surface area (Å²) in [6.45, 7) is 1.33. The van der Waals surface area contributed by atoms with Crippen molar-refractivity contribution >= 4 is 44.8 Å².